The van der Waals surface area contributed by atoms with Gasteiger partial charge in [-0.2, -0.15) is 0 Å². The Bertz CT molecular complexity index is 1020. The zero-order valence-electron chi connectivity index (χ0n) is 17.8. The van der Waals surface area contributed by atoms with Crippen LogP contribution in [0.1, 0.15) is 11.1 Å². The minimum absolute atomic E-state index is 0.107. The van der Waals surface area contributed by atoms with Crippen LogP contribution < -0.4 is 19.9 Å². The number of aromatic nitrogens is 3. The highest BCUT2D eigenvalue weighted by Gasteiger charge is 2.19. The lowest BCUT2D eigenvalue weighted by atomic mass is 10.1. The predicted octanol–water partition coefficient (Wildman–Crippen LogP) is 2.70. The minimum Gasteiger partial charge on any atom is -0.496 e. The van der Waals surface area contributed by atoms with E-state index in [-0.39, 0.29) is 12.3 Å². The van der Waals surface area contributed by atoms with Crippen molar-refractivity contribution in [3.05, 3.63) is 66.1 Å². The van der Waals surface area contributed by atoms with Crippen molar-refractivity contribution in [1.29, 1.82) is 0 Å². The first-order valence-corrected chi connectivity index (χ1v) is 10.3. The molecule has 1 saturated heterocycles. The summed E-state index contributed by atoms with van der Waals surface area (Å²) in [5.41, 5.74) is 2.52. The molecule has 8 nitrogen and oxygen atoms in total. The summed E-state index contributed by atoms with van der Waals surface area (Å²) in [6.45, 7) is 5.32. The van der Waals surface area contributed by atoms with E-state index in [0.29, 0.717) is 11.6 Å². The van der Waals surface area contributed by atoms with Gasteiger partial charge in [-0.25, -0.2) is 15.0 Å². The van der Waals surface area contributed by atoms with Crippen LogP contribution in [0.3, 0.4) is 0 Å². The third-order valence-electron chi connectivity index (χ3n) is 5.28. The summed E-state index contributed by atoms with van der Waals surface area (Å²) in [4.78, 5) is 30.1. The van der Waals surface area contributed by atoms with E-state index in [2.05, 4.69) is 30.1 Å². The van der Waals surface area contributed by atoms with E-state index in [1.54, 1.807) is 19.5 Å². The first kappa shape index (κ1) is 20.6. The predicted molar refractivity (Wildman–Crippen MR) is 121 cm³/mol. The summed E-state index contributed by atoms with van der Waals surface area (Å²) >= 11 is 0. The second kappa shape index (κ2) is 9.42. The molecule has 8 heteroatoms. The Morgan fingerprint density at radius 3 is 2.42 bits per heavy atom. The molecule has 31 heavy (non-hydrogen) atoms. The number of ether oxygens (including phenoxy) is 1. The molecule has 1 aliphatic rings. The molecule has 1 aliphatic heterocycles. The smallest absolute Gasteiger partial charge is 0.228 e. The Morgan fingerprint density at radius 2 is 1.77 bits per heavy atom. The lowest BCUT2D eigenvalue weighted by Gasteiger charge is -2.35. The van der Waals surface area contributed by atoms with Gasteiger partial charge in [0, 0.05) is 32.4 Å². The molecule has 0 aliphatic carbocycles. The maximum absolute atomic E-state index is 12.4. The van der Waals surface area contributed by atoms with Crippen LogP contribution in [0.15, 0.2) is 55.0 Å². The van der Waals surface area contributed by atoms with Crippen molar-refractivity contribution >= 4 is 23.4 Å². The van der Waals surface area contributed by atoms with E-state index in [1.807, 2.05) is 49.5 Å². The number of nitrogens with zero attached hydrogens (tertiary/aromatic N) is 5. The quantitative estimate of drug-likeness (QED) is 0.659. The highest BCUT2D eigenvalue weighted by atomic mass is 16.5. The Balaban J connectivity index is 1.30. The van der Waals surface area contributed by atoms with Gasteiger partial charge in [0.1, 0.15) is 11.6 Å². The number of anilines is 3. The highest BCUT2D eigenvalue weighted by Crippen LogP contribution is 2.20. The highest BCUT2D eigenvalue weighted by molar-refractivity contribution is 5.92. The van der Waals surface area contributed by atoms with Gasteiger partial charge in [-0.05, 0) is 36.2 Å². The summed E-state index contributed by atoms with van der Waals surface area (Å²) in [6.07, 6.45) is 5.41. The van der Waals surface area contributed by atoms with Crippen LogP contribution in [0.5, 0.6) is 5.75 Å². The van der Waals surface area contributed by atoms with E-state index < -0.39 is 0 Å². The molecule has 0 unspecified atom stereocenters. The van der Waals surface area contributed by atoms with Gasteiger partial charge in [0.25, 0.3) is 0 Å². The number of carbonyl (C=O) groups excluding carboxylic acids is 1. The van der Waals surface area contributed by atoms with Crippen LogP contribution in [0.4, 0.5) is 17.5 Å². The molecule has 2 aromatic heterocycles. The van der Waals surface area contributed by atoms with Crippen LogP contribution in [-0.2, 0) is 11.2 Å². The van der Waals surface area contributed by atoms with Crippen molar-refractivity contribution in [2.24, 2.45) is 0 Å². The van der Waals surface area contributed by atoms with Gasteiger partial charge in [-0.1, -0.05) is 18.2 Å². The van der Waals surface area contributed by atoms with Crippen LogP contribution >= 0.6 is 0 Å². The number of nitrogens with one attached hydrogen (secondary N) is 1. The topological polar surface area (TPSA) is 83.5 Å². The number of aryl methyl sites for hydroxylation is 1. The van der Waals surface area contributed by atoms with Crippen molar-refractivity contribution in [3.8, 4) is 5.75 Å². The summed E-state index contributed by atoms with van der Waals surface area (Å²) in [5.74, 6) is 2.37. The zero-order chi connectivity index (χ0) is 21.6. The maximum atomic E-state index is 12.4. The lowest BCUT2D eigenvalue weighted by Crippen LogP contribution is -2.47. The number of piperazine rings is 1. The molecule has 160 valence electrons. The largest absolute Gasteiger partial charge is 0.496 e. The van der Waals surface area contributed by atoms with Crippen LogP contribution in [-0.4, -0.2) is 54.1 Å². The molecule has 0 saturated carbocycles. The second-order valence-corrected chi connectivity index (χ2v) is 7.46. The Labute approximate surface area is 181 Å². The molecule has 0 bridgehead atoms. The molecular formula is C23H26N6O2. The lowest BCUT2D eigenvalue weighted by molar-refractivity contribution is -0.115. The Morgan fingerprint density at radius 1 is 1.03 bits per heavy atom. The Hall–Kier alpha value is -3.68. The van der Waals surface area contributed by atoms with Crippen molar-refractivity contribution in [2.75, 3.05) is 48.4 Å². The fraction of sp³-hybridized carbons (Fsp3) is 0.304. The van der Waals surface area contributed by atoms with E-state index in [9.17, 15) is 4.79 Å². The number of hydrogen-bond acceptors (Lipinski definition) is 7. The Kier molecular flexibility index (Phi) is 6.26. The first-order valence-electron chi connectivity index (χ1n) is 10.3. The number of rotatable bonds is 6. The maximum Gasteiger partial charge on any atom is 0.228 e. The fourth-order valence-electron chi connectivity index (χ4n) is 3.67. The van der Waals surface area contributed by atoms with Gasteiger partial charge >= 0.3 is 0 Å². The number of carbonyl (C=O) groups is 1. The molecule has 4 rings (SSSR count). The summed E-state index contributed by atoms with van der Waals surface area (Å²) in [7, 11) is 1.64. The molecule has 1 N–H and O–H groups in total. The van der Waals surface area contributed by atoms with Gasteiger partial charge < -0.3 is 19.9 Å². The molecule has 3 heterocycles. The third-order valence-corrected chi connectivity index (χ3v) is 5.28. The van der Waals surface area contributed by atoms with Gasteiger partial charge in [-0.3, -0.25) is 4.79 Å². The minimum atomic E-state index is -0.107. The van der Waals surface area contributed by atoms with Gasteiger partial charge in [0.2, 0.25) is 11.9 Å². The van der Waals surface area contributed by atoms with Gasteiger partial charge in [-0.15, -0.1) is 0 Å². The van der Waals surface area contributed by atoms with Crippen LogP contribution in [0.2, 0.25) is 0 Å². The van der Waals surface area contributed by atoms with Crippen molar-refractivity contribution in [3.63, 3.8) is 0 Å². The second-order valence-electron chi connectivity index (χ2n) is 7.46. The number of methoxy groups -OCH3 is 1. The van der Waals surface area contributed by atoms with Crippen molar-refractivity contribution in [1.82, 2.24) is 15.0 Å². The number of benzene rings is 1. The molecule has 0 atom stereocenters. The van der Waals surface area contributed by atoms with E-state index in [1.165, 1.54) is 0 Å². The molecular weight excluding hydrogens is 392 g/mol. The molecule has 1 fully saturated rings. The van der Waals surface area contributed by atoms with Crippen LogP contribution in [0.25, 0.3) is 0 Å². The molecule has 1 aromatic carbocycles. The van der Waals surface area contributed by atoms with E-state index >= 15 is 0 Å². The number of amides is 1. The number of hydrogen-bond donors (Lipinski definition) is 1. The third kappa shape index (κ3) is 5.09. The SMILES string of the molecule is COc1ccc(CC(=O)Nc2cnc(N3CCN(c4ccccn4)CC3)nc2)cc1C. The fourth-order valence-corrected chi connectivity index (χ4v) is 3.67. The molecule has 3 aromatic rings. The van der Waals surface area contributed by atoms with E-state index in [4.69, 9.17) is 4.74 Å². The van der Waals surface area contributed by atoms with Crippen molar-refractivity contribution < 1.29 is 9.53 Å². The zero-order valence-corrected chi connectivity index (χ0v) is 17.8. The summed E-state index contributed by atoms with van der Waals surface area (Å²) in [6, 6.07) is 11.7. The number of pyridine rings is 1. The monoisotopic (exact) mass is 418 g/mol. The van der Waals surface area contributed by atoms with Gasteiger partial charge in [0.05, 0.1) is 31.6 Å². The van der Waals surface area contributed by atoms with Crippen LogP contribution in [0, 0.1) is 6.92 Å². The molecule has 0 radical (unpaired) electrons. The molecule has 0 spiro atoms. The summed E-state index contributed by atoms with van der Waals surface area (Å²) < 4.78 is 5.26. The standard InChI is InChI=1S/C23H26N6O2/c1-17-13-18(6-7-20(17)31-2)14-22(30)27-19-15-25-23(26-16-19)29-11-9-28(10-12-29)21-5-3-4-8-24-21/h3-8,13,15-16H,9-12,14H2,1-2H3,(H,27,30). The van der Waals surface area contributed by atoms with E-state index in [0.717, 1.165) is 48.9 Å². The average Bonchev–Trinajstić information content (AvgIpc) is 2.80. The van der Waals surface area contributed by atoms with Crippen molar-refractivity contribution in [2.45, 2.75) is 13.3 Å². The normalized spacial score (nSPS) is 13.7. The molecule has 1 amide bonds. The average molecular weight is 419 g/mol. The van der Waals surface area contributed by atoms with Gasteiger partial charge in [0.15, 0.2) is 0 Å². The first-order chi connectivity index (χ1) is 15.1. The summed E-state index contributed by atoms with van der Waals surface area (Å²) in [5, 5.41) is 2.87.